The van der Waals surface area contributed by atoms with Gasteiger partial charge in [0.15, 0.2) is 0 Å². The molecule has 0 aromatic heterocycles. The van der Waals surface area contributed by atoms with E-state index >= 15 is 0 Å². The molecule has 0 bridgehead atoms. The van der Waals surface area contributed by atoms with Crippen molar-refractivity contribution < 1.29 is 18.3 Å². The molecule has 8 heteroatoms. The summed E-state index contributed by atoms with van der Waals surface area (Å²) in [7, 11) is -0.577. The van der Waals surface area contributed by atoms with Crippen molar-refractivity contribution >= 4 is 27.6 Å². The van der Waals surface area contributed by atoms with Crippen LogP contribution in [0.4, 0.5) is 0 Å². The van der Waals surface area contributed by atoms with Crippen molar-refractivity contribution in [2.45, 2.75) is 11.3 Å². The lowest BCUT2D eigenvalue weighted by molar-refractivity contribution is 0.0696. The number of aromatic carboxylic acids is 1. The van der Waals surface area contributed by atoms with E-state index in [2.05, 4.69) is 5.32 Å². The average Bonchev–Trinajstić information content (AvgIpc) is 2.38. The number of benzene rings is 1. The Morgan fingerprint density at radius 1 is 1.45 bits per heavy atom. The molecule has 0 aliphatic heterocycles. The SMILES string of the molecule is CNCCCN(C)S(=O)(=O)c1cc(C(=O)O)ccc1Cl. The topological polar surface area (TPSA) is 86.7 Å². The zero-order valence-electron chi connectivity index (χ0n) is 11.3. The summed E-state index contributed by atoms with van der Waals surface area (Å²) in [6, 6.07) is 3.62. The van der Waals surface area contributed by atoms with Gasteiger partial charge >= 0.3 is 5.97 Å². The largest absolute Gasteiger partial charge is 0.478 e. The van der Waals surface area contributed by atoms with Gasteiger partial charge in [0.2, 0.25) is 10.0 Å². The van der Waals surface area contributed by atoms with E-state index < -0.39 is 16.0 Å². The van der Waals surface area contributed by atoms with Gasteiger partial charge in [0.05, 0.1) is 10.6 Å². The van der Waals surface area contributed by atoms with Gasteiger partial charge in [-0.3, -0.25) is 0 Å². The molecule has 6 nitrogen and oxygen atoms in total. The molecule has 1 rings (SSSR count). The van der Waals surface area contributed by atoms with Crippen LogP contribution in [0.1, 0.15) is 16.8 Å². The predicted octanol–water partition coefficient (Wildman–Crippen LogP) is 1.27. The minimum atomic E-state index is -3.80. The number of sulfonamides is 1. The molecular weight excluding hydrogens is 304 g/mol. The second-order valence-electron chi connectivity index (χ2n) is 4.23. The van der Waals surface area contributed by atoms with E-state index in [-0.39, 0.29) is 15.5 Å². The van der Waals surface area contributed by atoms with Crippen molar-refractivity contribution in [2.75, 3.05) is 27.2 Å². The highest BCUT2D eigenvalue weighted by atomic mass is 35.5. The van der Waals surface area contributed by atoms with E-state index in [1.807, 2.05) is 0 Å². The predicted molar refractivity (Wildman–Crippen MR) is 76.8 cm³/mol. The number of nitrogens with one attached hydrogen (secondary N) is 1. The smallest absolute Gasteiger partial charge is 0.335 e. The second-order valence-corrected chi connectivity index (χ2v) is 6.65. The van der Waals surface area contributed by atoms with Crippen molar-refractivity contribution in [1.29, 1.82) is 0 Å². The Labute approximate surface area is 123 Å². The van der Waals surface area contributed by atoms with E-state index in [0.717, 1.165) is 10.4 Å². The maximum absolute atomic E-state index is 12.4. The second kappa shape index (κ2) is 7.03. The monoisotopic (exact) mass is 320 g/mol. The van der Waals surface area contributed by atoms with Crippen LogP contribution in [0.15, 0.2) is 23.1 Å². The van der Waals surface area contributed by atoms with Crippen LogP contribution in [0, 0.1) is 0 Å². The standard InChI is InChI=1S/C12H17ClN2O4S/c1-14-6-3-7-15(2)20(18,19)11-8-9(12(16)17)4-5-10(11)13/h4-5,8,14H,3,6-7H2,1-2H3,(H,16,17). The summed E-state index contributed by atoms with van der Waals surface area (Å²) in [5.74, 6) is -1.20. The number of hydrogen-bond donors (Lipinski definition) is 2. The fraction of sp³-hybridized carbons (Fsp3) is 0.417. The van der Waals surface area contributed by atoms with Crippen LogP contribution in [0.5, 0.6) is 0 Å². The maximum Gasteiger partial charge on any atom is 0.335 e. The number of nitrogens with zero attached hydrogens (tertiary/aromatic N) is 1. The van der Waals surface area contributed by atoms with Gasteiger partial charge in [0.25, 0.3) is 0 Å². The number of halogens is 1. The van der Waals surface area contributed by atoms with Gasteiger partial charge in [0, 0.05) is 13.6 Å². The van der Waals surface area contributed by atoms with Crippen molar-refractivity contribution in [2.24, 2.45) is 0 Å². The van der Waals surface area contributed by atoms with Crippen LogP contribution in [-0.4, -0.2) is 51.0 Å². The molecule has 0 fully saturated rings. The van der Waals surface area contributed by atoms with Gasteiger partial charge in [-0.2, -0.15) is 0 Å². The Balaban J connectivity index is 3.08. The van der Waals surface area contributed by atoms with Crippen molar-refractivity contribution in [3.8, 4) is 0 Å². The van der Waals surface area contributed by atoms with Crippen molar-refractivity contribution in [3.63, 3.8) is 0 Å². The molecule has 0 radical (unpaired) electrons. The maximum atomic E-state index is 12.4. The minimum Gasteiger partial charge on any atom is -0.478 e. The Bertz CT molecular complexity index is 589. The number of hydrogen-bond acceptors (Lipinski definition) is 4. The Morgan fingerprint density at radius 3 is 2.65 bits per heavy atom. The molecule has 0 spiro atoms. The van der Waals surface area contributed by atoms with Crippen LogP contribution in [0.25, 0.3) is 0 Å². The molecule has 112 valence electrons. The summed E-state index contributed by atoms with van der Waals surface area (Å²) in [4.78, 5) is 10.7. The van der Waals surface area contributed by atoms with Crippen LogP contribution in [-0.2, 0) is 10.0 Å². The quantitative estimate of drug-likeness (QED) is 0.739. The molecule has 20 heavy (non-hydrogen) atoms. The van der Waals surface area contributed by atoms with Gasteiger partial charge in [-0.05, 0) is 38.2 Å². The third-order valence-electron chi connectivity index (χ3n) is 2.77. The first kappa shape index (κ1) is 16.9. The molecule has 1 aromatic rings. The first-order valence-electron chi connectivity index (χ1n) is 5.94. The number of carboxylic acids is 1. The zero-order chi connectivity index (χ0) is 15.3. The van der Waals surface area contributed by atoms with E-state index in [1.165, 1.54) is 19.2 Å². The lowest BCUT2D eigenvalue weighted by atomic mass is 10.2. The molecule has 0 amide bonds. The third kappa shape index (κ3) is 3.92. The first-order chi connectivity index (χ1) is 9.30. The third-order valence-corrected chi connectivity index (χ3v) is 5.10. The minimum absolute atomic E-state index is 0.00969. The van der Waals surface area contributed by atoms with Gasteiger partial charge in [0.1, 0.15) is 4.90 Å². The summed E-state index contributed by atoms with van der Waals surface area (Å²) in [5, 5.41) is 11.9. The van der Waals surface area contributed by atoms with E-state index in [1.54, 1.807) is 7.05 Å². The molecule has 0 saturated heterocycles. The fourth-order valence-electron chi connectivity index (χ4n) is 1.60. The molecule has 1 aromatic carbocycles. The Kier molecular flexibility index (Phi) is 5.94. The summed E-state index contributed by atoms with van der Waals surface area (Å²) in [6.45, 7) is 1.000. The van der Waals surface area contributed by atoms with Crippen LogP contribution in [0.2, 0.25) is 5.02 Å². The van der Waals surface area contributed by atoms with Crippen LogP contribution in [0.3, 0.4) is 0 Å². The molecule has 2 N–H and O–H groups in total. The number of carboxylic acid groups (broad SMARTS) is 1. The van der Waals surface area contributed by atoms with Gasteiger partial charge < -0.3 is 10.4 Å². The molecule has 0 aliphatic carbocycles. The molecule has 0 heterocycles. The lowest BCUT2D eigenvalue weighted by Gasteiger charge is -2.18. The molecule has 0 aliphatic rings. The van der Waals surface area contributed by atoms with E-state index in [9.17, 15) is 13.2 Å². The van der Waals surface area contributed by atoms with E-state index in [4.69, 9.17) is 16.7 Å². The van der Waals surface area contributed by atoms with Gasteiger partial charge in [-0.15, -0.1) is 0 Å². The normalized spacial score (nSPS) is 11.8. The zero-order valence-corrected chi connectivity index (χ0v) is 12.8. The summed E-state index contributed by atoms with van der Waals surface area (Å²) < 4.78 is 25.9. The van der Waals surface area contributed by atoms with Crippen molar-refractivity contribution in [1.82, 2.24) is 9.62 Å². The van der Waals surface area contributed by atoms with E-state index in [0.29, 0.717) is 19.5 Å². The van der Waals surface area contributed by atoms with Crippen LogP contribution >= 0.6 is 11.6 Å². The lowest BCUT2D eigenvalue weighted by Crippen LogP contribution is -2.30. The fourth-order valence-corrected chi connectivity index (χ4v) is 3.31. The highest BCUT2D eigenvalue weighted by molar-refractivity contribution is 7.89. The Hall–Kier alpha value is -1.15. The van der Waals surface area contributed by atoms with Crippen LogP contribution < -0.4 is 5.32 Å². The molecule has 0 saturated carbocycles. The Morgan fingerprint density at radius 2 is 2.10 bits per heavy atom. The first-order valence-corrected chi connectivity index (χ1v) is 7.76. The molecular formula is C12H17ClN2O4S. The highest BCUT2D eigenvalue weighted by Crippen LogP contribution is 2.25. The highest BCUT2D eigenvalue weighted by Gasteiger charge is 2.24. The molecule has 0 atom stereocenters. The number of carbonyl (C=O) groups is 1. The molecule has 0 unspecified atom stereocenters. The van der Waals surface area contributed by atoms with Gasteiger partial charge in [-0.1, -0.05) is 11.6 Å². The average molecular weight is 321 g/mol. The summed E-state index contributed by atoms with van der Waals surface area (Å²) >= 11 is 5.88. The summed E-state index contributed by atoms with van der Waals surface area (Å²) in [6.07, 6.45) is 0.641. The summed E-state index contributed by atoms with van der Waals surface area (Å²) in [5.41, 5.74) is -0.114. The van der Waals surface area contributed by atoms with Crippen molar-refractivity contribution in [3.05, 3.63) is 28.8 Å². The van der Waals surface area contributed by atoms with Gasteiger partial charge in [-0.25, -0.2) is 17.5 Å². The number of rotatable bonds is 7.